The summed E-state index contributed by atoms with van der Waals surface area (Å²) in [6.45, 7) is 0. The first kappa shape index (κ1) is 33.1. The Hall–Kier alpha value is -5.78. The highest BCUT2D eigenvalue weighted by atomic mass is 31.2. The van der Waals surface area contributed by atoms with E-state index in [1.165, 1.54) is 0 Å². The molecule has 1 aliphatic carbocycles. The van der Waals surface area contributed by atoms with Crippen LogP contribution < -0.4 is 31.8 Å². The minimum atomic E-state index is -3.29. The van der Waals surface area contributed by atoms with Crippen molar-refractivity contribution in [1.29, 1.82) is 0 Å². The van der Waals surface area contributed by atoms with Crippen molar-refractivity contribution in [3.8, 4) is 11.1 Å². The number of hydrogen-bond donors (Lipinski definition) is 0. The van der Waals surface area contributed by atoms with Crippen LogP contribution in [0.3, 0.4) is 0 Å². The molecule has 0 aliphatic heterocycles. The Morgan fingerprint density at radius 1 is 0.283 bits per heavy atom. The lowest BCUT2D eigenvalue weighted by Gasteiger charge is -2.35. The third-order valence-corrected chi connectivity index (χ3v) is 16.8. The summed E-state index contributed by atoms with van der Waals surface area (Å²) >= 11 is 0. The highest BCUT2D eigenvalue weighted by Gasteiger charge is 2.47. The predicted octanol–water partition coefficient (Wildman–Crippen LogP) is 9.33. The molecule has 53 heavy (non-hydrogen) atoms. The molecular formula is C49H36O2P2. The zero-order valence-corrected chi connectivity index (χ0v) is 30.8. The van der Waals surface area contributed by atoms with Gasteiger partial charge in [-0.1, -0.05) is 206 Å². The van der Waals surface area contributed by atoms with Gasteiger partial charge in [-0.05, 0) is 45.5 Å². The molecule has 4 heteroatoms. The molecule has 0 saturated heterocycles. The SMILES string of the molecule is O=P(c1ccccc1)(c1ccccc1)c1cccc(C2(c3cccc(P(=O)(c4ccccc4)c4ccccc4)c3)c3ccccc3-c3ccccc32)c1. The molecule has 1 aliphatic rings. The van der Waals surface area contributed by atoms with Crippen LogP contribution >= 0.6 is 14.3 Å². The lowest BCUT2D eigenvalue weighted by molar-refractivity contribution is 0.591. The van der Waals surface area contributed by atoms with E-state index in [9.17, 15) is 0 Å². The number of rotatable bonds is 8. The molecule has 0 amide bonds. The van der Waals surface area contributed by atoms with Crippen molar-refractivity contribution in [2.75, 3.05) is 0 Å². The average molecular weight is 719 g/mol. The fourth-order valence-corrected chi connectivity index (χ4v) is 13.7. The van der Waals surface area contributed by atoms with Crippen LogP contribution in [0.2, 0.25) is 0 Å². The standard InChI is InChI=1S/C49H36O2P2/c50-52(39-21-5-1-6-22-39,40-23-7-2-8-24-40)43-29-17-19-37(35-43)49(47-33-15-13-31-45(47)46-32-14-16-34-48(46)49)38-20-18-30-44(36-38)53(51,41-25-9-3-10-26-41)42-27-11-4-12-28-42/h1-36H. The molecule has 8 aromatic rings. The summed E-state index contributed by atoms with van der Waals surface area (Å²) in [6, 6.07) is 73.4. The fraction of sp³-hybridized carbons (Fsp3) is 0.0204. The van der Waals surface area contributed by atoms with Crippen molar-refractivity contribution < 1.29 is 9.13 Å². The van der Waals surface area contributed by atoms with Gasteiger partial charge in [-0.2, -0.15) is 0 Å². The van der Waals surface area contributed by atoms with Crippen molar-refractivity contribution in [2.45, 2.75) is 5.41 Å². The number of fused-ring (bicyclic) bond motifs is 3. The van der Waals surface area contributed by atoms with Gasteiger partial charge in [0.15, 0.2) is 14.3 Å². The van der Waals surface area contributed by atoms with Gasteiger partial charge in [0.25, 0.3) is 0 Å². The summed E-state index contributed by atoms with van der Waals surface area (Å²) in [5.74, 6) is 0. The molecule has 0 bridgehead atoms. The van der Waals surface area contributed by atoms with E-state index in [4.69, 9.17) is 0 Å². The molecule has 0 radical (unpaired) electrons. The predicted molar refractivity (Wildman–Crippen MR) is 223 cm³/mol. The van der Waals surface area contributed by atoms with Crippen LogP contribution in [0.25, 0.3) is 11.1 Å². The van der Waals surface area contributed by atoms with Gasteiger partial charge in [-0.25, -0.2) is 0 Å². The Morgan fingerprint density at radius 3 is 0.906 bits per heavy atom. The molecule has 0 saturated carbocycles. The van der Waals surface area contributed by atoms with Crippen LogP contribution in [0.1, 0.15) is 22.3 Å². The van der Waals surface area contributed by atoms with E-state index >= 15 is 9.13 Å². The van der Waals surface area contributed by atoms with E-state index in [2.05, 4.69) is 84.9 Å². The second kappa shape index (κ2) is 13.3. The summed E-state index contributed by atoms with van der Waals surface area (Å²) in [4.78, 5) is 0. The maximum absolute atomic E-state index is 15.8. The van der Waals surface area contributed by atoms with Crippen molar-refractivity contribution in [3.63, 3.8) is 0 Å². The van der Waals surface area contributed by atoms with E-state index < -0.39 is 19.7 Å². The van der Waals surface area contributed by atoms with Gasteiger partial charge >= 0.3 is 0 Å². The molecule has 8 aromatic carbocycles. The van der Waals surface area contributed by atoms with E-state index in [0.717, 1.165) is 65.2 Å². The average Bonchev–Trinajstić information content (AvgIpc) is 3.55. The van der Waals surface area contributed by atoms with Crippen LogP contribution in [0, 0.1) is 0 Å². The van der Waals surface area contributed by atoms with Crippen LogP contribution in [0.4, 0.5) is 0 Å². The summed E-state index contributed by atoms with van der Waals surface area (Å²) in [7, 11) is -6.59. The Balaban J connectivity index is 1.35. The topological polar surface area (TPSA) is 34.1 Å². The van der Waals surface area contributed by atoms with E-state index in [0.29, 0.717) is 0 Å². The van der Waals surface area contributed by atoms with Gasteiger partial charge in [0.2, 0.25) is 0 Å². The molecule has 0 atom stereocenters. The lowest BCUT2D eigenvalue weighted by Crippen LogP contribution is -2.33. The largest absolute Gasteiger partial charge is 0.309 e. The first-order valence-electron chi connectivity index (χ1n) is 17.9. The van der Waals surface area contributed by atoms with Crippen LogP contribution in [-0.2, 0) is 14.5 Å². The fourth-order valence-electron chi connectivity index (χ4n) is 8.34. The molecule has 0 N–H and O–H groups in total. The lowest BCUT2D eigenvalue weighted by atomic mass is 9.68. The second-order valence-corrected chi connectivity index (χ2v) is 19.0. The van der Waals surface area contributed by atoms with E-state index in [-0.39, 0.29) is 0 Å². The first-order valence-corrected chi connectivity index (χ1v) is 21.3. The van der Waals surface area contributed by atoms with Gasteiger partial charge in [0, 0.05) is 31.8 Å². The number of benzene rings is 8. The minimum Gasteiger partial charge on any atom is -0.309 e. The van der Waals surface area contributed by atoms with Crippen LogP contribution in [0.5, 0.6) is 0 Å². The third kappa shape index (κ3) is 5.17. The highest BCUT2D eigenvalue weighted by molar-refractivity contribution is 7.85. The molecule has 9 rings (SSSR count). The van der Waals surface area contributed by atoms with Crippen molar-refractivity contribution in [3.05, 3.63) is 241 Å². The van der Waals surface area contributed by atoms with Gasteiger partial charge in [0.1, 0.15) is 0 Å². The van der Waals surface area contributed by atoms with Crippen molar-refractivity contribution in [2.24, 2.45) is 0 Å². The van der Waals surface area contributed by atoms with Gasteiger partial charge < -0.3 is 9.13 Å². The normalized spacial score (nSPS) is 13.2. The van der Waals surface area contributed by atoms with Crippen molar-refractivity contribution >= 4 is 46.1 Å². The zero-order chi connectivity index (χ0) is 35.9. The summed E-state index contributed by atoms with van der Waals surface area (Å²) in [5.41, 5.74) is 5.80. The number of hydrogen-bond acceptors (Lipinski definition) is 2. The second-order valence-electron chi connectivity index (χ2n) is 13.5. The van der Waals surface area contributed by atoms with E-state index in [1.807, 2.05) is 133 Å². The third-order valence-electron chi connectivity index (χ3n) is 10.7. The highest BCUT2D eigenvalue weighted by Crippen LogP contribution is 2.57. The van der Waals surface area contributed by atoms with Gasteiger partial charge in [-0.15, -0.1) is 0 Å². The van der Waals surface area contributed by atoms with Crippen LogP contribution in [-0.4, -0.2) is 0 Å². The van der Waals surface area contributed by atoms with Crippen LogP contribution in [0.15, 0.2) is 218 Å². The monoisotopic (exact) mass is 718 g/mol. The summed E-state index contributed by atoms with van der Waals surface area (Å²) in [5, 5.41) is 4.70. The summed E-state index contributed by atoms with van der Waals surface area (Å²) in [6.07, 6.45) is 0. The Morgan fingerprint density at radius 2 is 0.566 bits per heavy atom. The van der Waals surface area contributed by atoms with Gasteiger partial charge in [0.05, 0.1) is 5.41 Å². The Kier molecular flexibility index (Phi) is 8.32. The Labute approximate surface area is 311 Å². The smallest absolute Gasteiger partial charge is 0.171 e. The minimum absolute atomic E-state index is 0.768. The maximum Gasteiger partial charge on any atom is 0.171 e. The molecule has 254 valence electrons. The molecule has 0 fully saturated rings. The molecule has 0 heterocycles. The molecule has 0 aromatic heterocycles. The molecule has 0 spiro atoms. The van der Waals surface area contributed by atoms with Crippen molar-refractivity contribution in [1.82, 2.24) is 0 Å². The quantitative estimate of drug-likeness (QED) is 0.147. The van der Waals surface area contributed by atoms with Gasteiger partial charge in [-0.3, -0.25) is 0 Å². The Bertz CT molecular complexity index is 2400. The zero-order valence-electron chi connectivity index (χ0n) is 29.0. The molecular weight excluding hydrogens is 682 g/mol. The first-order chi connectivity index (χ1) is 26.1. The summed E-state index contributed by atoms with van der Waals surface area (Å²) < 4.78 is 31.6. The molecule has 2 nitrogen and oxygen atoms in total. The molecule has 0 unspecified atom stereocenters. The maximum atomic E-state index is 15.8. The van der Waals surface area contributed by atoms with E-state index in [1.54, 1.807) is 0 Å².